The van der Waals surface area contributed by atoms with Crippen LogP contribution in [0.2, 0.25) is 0 Å². The molecule has 0 spiro atoms. The Kier molecular flexibility index (Phi) is 7.51. The zero-order valence-corrected chi connectivity index (χ0v) is 15.3. The topological polar surface area (TPSA) is 70.2 Å². The SMILES string of the molecule is CCCNC(=O)c1ccc(NC(=S)NC(=O)/C=C/c2ccccc2)cc1. The molecule has 0 saturated carbocycles. The van der Waals surface area contributed by atoms with Gasteiger partial charge in [0.1, 0.15) is 0 Å². The number of carbonyl (C=O) groups is 2. The van der Waals surface area contributed by atoms with Crippen molar-refractivity contribution >= 4 is 40.9 Å². The van der Waals surface area contributed by atoms with E-state index in [-0.39, 0.29) is 16.9 Å². The highest BCUT2D eigenvalue weighted by Gasteiger charge is 2.05. The predicted octanol–water partition coefficient (Wildman–Crippen LogP) is 3.35. The van der Waals surface area contributed by atoms with Crippen LogP contribution in [0.5, 0.6) is 0 Å². The maximum atomic E-state index is 11.9. The van der Waals surface area contributed by atoms with Crippen molar-refractivity contribution in [1.29, 1.82) is 0 Å². The fourth-order valence-corrected chi connectivity index (χ4v) is 2.32. The van der Waals surface area contributed by atoms with Crippen molar-refractivity contribution in [2.75, 3.05) is 11.9 Å². The molecule has 0 radical (unpaired) electrons. The first kappa shape index (κ1) is 19.3. The minimum absolute atomic E-state index is 0.111. The lowest BCUT2D eigenvalue weighted by molar-refractivity contribution is -0.115. The third-order valence-electron chi connectivity index (χ3n) is 3.40. The number of carbonyl (C=O) groups excluding carboxylic acids is 2. The molecule has 26 heavy (non-hydrogen) atoms. The number of anilines is 1. The molecule has 0 bridgehead atoms. The first-order valence-electron chi connectivity index (χ1n) is 8.32. The summed E-state index contributed by atoms with van der Waals surface area (Å²) in [5.74, 6) is -0.428. The lowest BCUT2D eigenvalue weighted by Crippen LogP contribution is -2.32. The van der Waals surface area contributed by atoms with E-state index in [9.17, 15) is 9.59 Å². The van der Waals surface area contributed by atoms with E-state index in [4.69, 9.17) is 12.2 Å². The van der Waals surface area contributed by atoms with Crippen molar-refractivity contribution in [2.45, 2.75) is 13.3 Å². The molecule has 3 N–H and O–H groups in total. The van der Waals surface area contributed by atoms with Gasteiger partial charge in [0, 0.05) is 23.9 Å². The van der Waals surface area contributed by atoms with Crippen LogP contribution in [0.25, 0.3) is 6.08 Å². The molecular formula is C20H21N3O2S. The average molecular weight is 367 g/mol. The van der Waals surface area contributed by atoms with Crippen molar-refractivity contribution in [3.05, 3.63) is 71.8 Å². The van der Waals surface area contributed by atoms with Crippen molar-refractivity contribution in [3.63, 3.8) is 0 Å². The summed E-state index contributed by atoms with van der Waals surface area (Å²) in [6.45, 7) is 2.64. The minimum Gasteiger partial charge on any atom is -0.352 e. The van der Waals surface area contributed by atoms with E-state index < -0.39 is 0 Å². The third kappa shape index (κ3) is 6.49. The van der Waals surface area contributed by atoms with Gasteiger partial charge in [0.2, 0.25) is 5.91 Å². The van der Waals surface area contributed by atoms with Crippen LogP contribution in [0.1, 0.15) is 29.3 Å². The van der Waals surface area contributed by atoms with Gasteiger partial charge in [-0.25, -0.2) is 0 Å². The average Bonchev–Trinajstić information content (AvgIpc) is 2.65. The van der Waals surface area contributed by atoms with Crippen LogP contribution in [-0.4, -0.2) is 23.5 Å². The zero-order chi connectivity index (χ0) is 18.8. The Balaban J connectivity index is 1.84. The maximum Gasteiger partial charge on any atom is 0.251 e. The summed E-state index contributed by atoms with van der Waals surface area (Å²) in [6.07, 6.45) is 4.02. The molecule has 0 aliphatic carbocycles. The van der Waals surface area contributed by atoms with Crippen LogP contribution >= 0.6 is 12.2 Å². The molecule has 0 fully saturated rings. The van der Waals surface area contributed by atoms with E-state index in [1.54, 1.807) is 30.3 Å². The number of thiocarbonyl (C=S) groups is 1. The Bertz CT molecular complexity index is 786. The molecule has 0 unspecified atom stereocenters. The molecule has 5 nitrogen and oxygen atoms in total. The summed E-state index contributed by atoms with van der Waals surface area (Å²) in [5.41, 5.74) is 2.19. The van der Waals surface area contributed by atoms with E-state index >= 15 is 0 Å². The number of hydrogen-bond donors (Lipinski definition) is 3. The zero-order valence-electron chi connectivity index (χ0n) is 14.5. The minimum atomic E-state index is -0.318. The third-order valence-corrected chi connectivity index (χ3v) is 3.61. The Morgan fingerprint density at radius 2 is 1.73 bits per heavy atom. The highest BCUT2D eigenvalue weighted by molar-refractivity contribution is 7.80. The fourth-order valence-electron chi connectivity index (χ4n) is 2.10. The molecule has 2 aromatic rings. The lowest BCUT2D eigenvalue weighted by Gasteiger charge is -2.09. The Morgan fingerprint density at radius 1 is 1.04 bits per heavy atom. The number of benzene rings is 2. The Hall–Kier alpha value is -2.99. The fraction of sp³-hybridized carbons (Fsp3) is 0.150. The molecule has 0 aromatic heterocycles. The van der Waals surface area contributed by atoms with E-state index in [0.29, 0.717) is 17.8 Å². The molecule has 0 saturated heterocycles. The molecule has 2 amide bonds. The smallest absolute Gasteiger partial charge is 0.251 e. The van der Waals surface area contributed by atoms with Gasteiger partial charge in [0.15, 0.2) is 5.11 Å². The number of amides is 2. The van der Waals surface area contributed by atoms with Gasteiger partial charge in [-0.15, -0.1) is 0 Å². The van der Waals surface area contributed by atoms with Crippen molar-refractivity contribution < 1.29 is 9.59 Å². The van der Waals surface area contributed by atoms with Crippen molar-refractivity contribution in [1.82, 2.24) is 10.6 Å². The molecule has 0 heterocycles. The molecule has 2 aromatic carbocycles. The summed E-state index contributed by atoms with van der Waals surface area (Å²) < 4.78 is 0. The van der Waals surface area contributed by atoms with Gasteiger partial charge in [-0.2, -0.15) is 0 Å². The van der Waals surface area contributed by atoms with Gasteiger partial charge < -0.3 is 10.6 Å². The van der Waals surface area contributed by atoms with Crippen LogP contribution < -0.4 is 16.0 Å². The van der Waals surface area contributed by atoms with Gasteiger partial charge in [-0.05, 0) is 54.5 Å². The van der Waals surface area contributed by atoms with Gasteiger partial charge in [0.05, 0.1) is 0 Å². The molecule has 0 aliphatic rings. The summed E-state index contributed by atoms with van der Waals surface area (Å²) in [6, 6.07) is 16.4. The van der Waals surface area contributed by atoms with Gasteiger partial charge in [-0.3, -0.25) is 14.9 Å². The molecular weight excluding hydrogens is 346 g/mol. The monoisotopic (exact) mass is 367 g/mol. The maximum absolute atomic E-state index is 11.9. The van der Waals surface area contributed by atoms with Gasteiger partial charge in [0.25, 0.3) is 5.91 Å². The first-order chi connectivity index (χ1) is 12.6. The summed E-state index contributed by atoms with van der Waals surface area (Å²) >= 11 is 5.13. The highest BCUT2D eigenvalue weighted by Crippen LogP contribution is 2.09. The molecule has 0 atom stereocenters. The van der Waals surface area contributed by atoms with Crippen molar-refractivity contribution in [3.8, 4) is 0 Å². The Labute approximate surface area is 158 Å². The van der Waals surface area contributed by atoms with Gasteiger partial charge in [-0.1, -0.05) is 37.3 Å². The summed E-state index contributed by atoms with van der Waals surface area (Å²) in [7, 11) is 0. The molecule has 134 valence electrons. The molecule has 0 aliphatic heterocycles. The second-order valence-electron chi connectivity index (χ2n) is 5.52. The Morgan fingerprint density at radius 3 is 2.38 bits per heavy atom. The summed E-state index contributed by atoms with van der Waals surface area (Å²) in [4.78, 5) is 23.7. The largest absolute Gasteiger partial charge is 0.352 e. The predicted molar refractivity (Wildman–Crippen MR) is 109 cm³/mol. The highest BCUT2D eigenvalue weighted by atomic mass is 32.1. The number of hydrogen-bond acceptors (Lipinski definition) is 3. The first-order valence-corrected chi connectivity index (χ1v) is 8.72. The quantitative estimate of drug-likeness (QED) is 0.541. The van der Waals surface area contributed by atoms with Crippen LogP contribution in [-0.2, 0) is 4.79 Å². The van der Waals surface area contributed by atoms with Crippen LogP contribution in [0.4, 0.5) is 5.69 Å². The summed E-state index contributed by atoms with van der Waals surface area (Å²) in [5, 5.41) is 8.50. The van der Waals surface area contributed by atoms with E-state index in [2.05, 4.69) is 16.0 Å². The standard InChI is InChI=1S/C20H21N3O2S/c1-2-14-21-19(25)16-9-11-17(12-10-16)22-20(26)23-18(24)13-8-15-6-4-3-5-7-15/h3-13H,2,14H2,1H3,(H,21,25)(H2,22,23,24,26)/b13-8+. The van der Waals surface area contributed by atoms with Crippen molar-refractivity contribution in [2.24, 2.45) is 0 Å². The molecule has 6 heteroatoms. The molecule has 2 rings (SSSR count). The van der Waals surface area contributed by atoms with E-state index in [0.717, 1.165) is 12.0 Å². The van der Waals surface area contributed by atoms with Gasteiger partial charge >= 0.3 is 0 Å². The van der Waals surface area contributed by atoms with Crippen LogP contribution in [0.15, 0.2) is 60.7 Å². The normalized spacial score (nSPS) is 10.3. The lowest BCUT2D eigenvalue weighted by atomic mass is 10.2. The van der Waals surface area contributed by atoms with E-state index in [1.807, 2.05) is 37.3 Å². The van der Waals surface area contributed by atoms with Crippen LogP contribution in [0, 0.1) is 0 Å². The second kappa shape index (κ2) is 10.1. The number of rotatable bonds is 6. The van der Waals surface area contributed by atoms with Crippen LogP contribution in [0.3, 0.4) is 0 Å². The second-order valence-corrected chi connectivity index (χ2v) is 5.93. The number of nitrogens with one attached hydrogen (secondary N) is 3. The van der Waals surface area contributed by atoms with E-state index in [1.165, 1.54) is 6.08 Å².